The summed E-state index contributed by atoms with van der Waals surface area (Å²) in [5.74, 6) is 1.03. The van der Waals surface area contributed by atoms with Crippen LogP contribution in [-0.4, -0.2) is 33.0 Å². The van der Waals surface area contributed by atoms with Gasteiger partial charge < -0.3 is 14.4 Å². The van der Waals surface area contributed by atoms with Crippen LogP contribution in [0.5, 0.6) is 0 Å². The number of rotatable bonds is 3. The van der Waals surface area contributed by atoms with Crippen molar-refractivity contribution in [3.8, 4) is 0 Å². The molecule has 0 aromatic carbocycles. The molecule has 1 aliphatic rings. The minimum atomic E-state index is -0.566. The zero-order chi connectivity index (χ0) is 11.6. The molecule has 2 heterocycles. The first-order valence-corrected chi connectivity index (χ1v) is 5.89. The Kier molecular flexibility index (Phi) is 3.30. The van der Waals surface area contributed by atoms with Gasteiger partial charge in [-0.05, 0) is 19.8 Å². The molecule has 4 heteroatoms. The van der Waals surface area contributed by atoms with Gasteiger partial charge in [-0.25, -0.2) is 4.98 Å². The molecule has 0 saturated carbocycles. The standard InChI is InChI=1S/C12H20N2O2/c1-10-9-12(15,5-8-16-10)4-3-11-13-6-7-14(11)2/h6-7,10,15H,3-5,8-9H2,1-2H3. The first kappa shape index (κ1) is 11.6. The van der Waals surface area contributed by atoms with Crippen LogP contribution in [0.1, 0.15) is 32.0 Å². The van der Waals surface area contributed by atoms with Gasteiger partial charge in [0.15, 0.2) is 0 Å². The Morgan fingerprint density at radius 2 is 2.50 bits per heavy atom. The highest BCUT2D eigenvalue weighted by Crippen LogP contribution is 2.28. The summed E-state index contributed by atoms with van der Waals surface area (Å²) >= 11 is 0. The molecule has 2 rings (SSSR count). The Balaban J connectivity index is 1.91. The Morgan fingerprint density at radius 3 is 3.12 bits per heavy atom. The second-order valence-corrected chi connectivity index (χ2v) is 4.81. The third-order valence-corrected chi connectivity index (χ3v) is 3.37. The van der Waals surface area contributed by atoms with Gasteiger partial charge >= 0.3 is 0 Å². The molecular formula is C12H20N2O2. The fourth-order valence-electron chi connectivity index (χ4n) is 2.36. The summed E-state index contributed by atoms with van der Waals surface area (Å²) in [7, 11) is 1.99. The SMILES string of the molecule is CC1CC(O)(CCc2nccn2C)CCO1. The van der Waals surface area contributed by atoms with Crippen LogP contribution >= 0.6 is 0 Å². The van der Waals surface area contributed by atoms with Crippen LogP contribution < -0.4 is 0 Å². The lowest BCUT2D eigenvalue weighted by Gasteiger charge is -2.35. The van der Waals surface area contributed by atoms with Crippen LogP contribution in [-0.2, 0) is 18.2 Å². The van der Waals surface area contributed by atoms with Gasteiger partial charge in [0.25, 0.3) is 0 Å². The Morgan fingerprint density at radius 1 is 1.69 bits per heavy atom. The molecule has 1 aromatic heterocycles. The Bertz CT molecular complexity index is 351. The highest BCUT2D eigenvalue weighted by atomic mass is 16.5. The highest BCUT2D eigenvalue weighted by molar-refractivity contribution is 4.94. The fraction of sp³-hybridized carbons (Fsp3) is 0.750. The lowest BCUT2D eigenvalue weighted by Crippen LogP contribution is -2.40. The second kappa shape index (κ2) is 4.55. The third kappa shape index (κ3) is 2.62. The van der Waals surface area contributed by atoms with Gasteiger partial charge in [-0.15, -0.1) is 0 Å². The number of nitrogens with zero attached hydrogens (tertiary/aromatic N) is 2. The van der Waals surface area contributed by atoms with Crippen molar-refractivity contribution in [3.05, 3.63) is 18.2 Å². The van der Waals surface area contributed by atoms with E-state index in [-0.39, 0.29) is 6.10 Å². The molecule has 1 aromatic rings. The number of aryl methyl sites for hydroxylation is 2. The van der Waals surface area contributed by atoms with E-state index in [1.54, 1.807) is 6.20 Å². The van der Waals surface area contributed by atoms with Gasteiger partial charge in [-0.2, -0.15) is 0 Å². The van der Waals surface area contributed by atoms with Crippen LogP contribution in [0.3, 0.4) is 0 Å². The molecular weight excluding hydrogens is 204 g/mol. The maximum atomic E-state index is 10.4. The van der Waals surface area contributed by atoms with Crippen molar-refractivity contribution in [2.75, 3.05) is 6.61 Å². The molecule has 0 amide bonds. The summed E-state index contributed by atoms with van der Waals surface area (Å²) in [6, 6.07) is 0. The van der Waals surface area contributed by atoms with Crippen LogP contribution in [0.4, 0.5) is 0 Å². The molecule has 90 valence electrons. The summed E-state index contributed by atoms with van der Waals surface area (Å²) < 4.78 is 7.46. The van der Waals surface area contributed by atoms with Gasteiger partial charge in [0, 0.05) is 38.9 Å². The monoisotopic (exact) mass is 224 g/mol. The topological polar surface area (TPSA) is 47.3 Å². The van der Waals surface area contributed by atoms with Gasteiger partial charge in [0.05, 0.1) is 11.7 Å². The quantitative estimate of drug-likeness (QED) is 0.841. The molecule has 4 nitrogen and oxygen atoms in total. The van der Waals surface area contributed by atoms with Gasteiger partial charge in [0.2, 0.25) is 0 Å². The first-order chi connectivity index (χ1) is 7.59. The maximum Gasteiger partial charge on any atom is 0.108 e. The molecule has 0 aliphatic carbocycles. The number of imidazole rings is 1. The van der Waals surface area contributed by atoms with E-state index in [9.17, 15) is 5.11 Å². The van der Waals surface area contributed by atoms with Crippen molar-refractivity contribution >= 4 is 0 Å². The van der Waals surface area contributed by atoms with E-state index in [1.165, 1.54) is 0 Å². The van der Waals surface area contributed by atoms with E-state index in [1.807, 2.05) is 24.7 Å². The van der Waals surface area contributed by atoms with Gasteiger partial charge in [0.1, 0.15) is 5.82 Å². The van der Waals surface area contributed by atoms with E-state index < -0.39 is 5.60 Å². The zero-order valence-corrected chi connectivity index (χ0v) is 10.0. The normalized spacial score (nSPS) is 30.6. The zero-order valence-electron chi connectivity index (χ0n) is 10.0. The fourth-order valence-corrected chi connectivity index (χ4v) is 2.36. The molecule has 1 aliphatic heterocycles. The molecule has 2 atom stereocenters. The van der Waals surface area contributed by atoms with E-state index in [0.29, 0.717) is 6.61 Å². The van der Waals surface area contributed by atoms with Crippen molar-refractivity contribution in [3.63, 3.8) is 0 Å². The van der Waals surface area contributed by atoms with Gasteiger partial charge in [-0.1, -0.05) is 0 Å². The minimum Gasteiger partial charge on any atom is -0.390 e. The third-order valence-electron chi connectivity index (χ3n) is 3.37. The van der Waals surface area contributed by atoms with Crippen molar-refractivity contribution in [1.82, 2.24) is 9.55 Å². The number of hydrogen-bond donors (Lipinski definition) is 1. The first-order valence-electron chi connectivity index (χ1n) is 5.89. The van der Waals surface area contributed by atoms with Crippen LogP contribution in [0.25, 0.3) is 0 Å². The Labute approximate surface area is 96.3 Å². The number of aliphatic hydroxyl groups is 1. The lowest BCUT2D eigenvalue weighted by molar-refractivity contribution is -0.100. The average molecular weight is 224 g/mol. The molecule has 0 spiro atoms. The van der Waals surface area contributed by atoms with Crippen LogP contribution in [0, 0.1) is 0 Å². The summed E-state index contributed by atoms with van der Waals surface area (Å²) in [4.78, 5) is 4.27. The summed E-state index contributed by atoms with van der Waals surface area (Å²) in [5.41, 5.74) is -0.566. The van der Waals surface area contributed by atoms with Gasteiger partial charge in [-0.3, -0.25) is 0 Å². The second-order valence-electron chi connectivity index (χ2n) is 4.81. The van der Waals surface area contributed by atoms with Crippen LogP contribution in [0.2, 0.25) is 0 Å². The molecule has 1 fully saturated rings. The summed E-state index contributed by atoms with van der Waals surface area (Å²) in [5, 5.41) is 10.4. The molecule has 2 unspecified atom stereocenters. The molecule has 16 heavy (non-hydrogen) atoms. The maximum absolute atomic E-state index is 10.4. The number of aromatic nitrogens is 2. The van der Waals surface area contributed by atoms with Crippen molar-refractivity contribution in [2.24, 2.45) is 7.05 Å². The lowest BCUT2D eigenvalue weighted by atomic mass is 9.86. The van der Waals surface area contributed by atoms with E-state index >= 15 is 0 Å². The molecule has 1 saturated heterocycles. The van der Waals surface area contributed by atoms with E-state index in [4.69, 9.17) is 4.74 Å². The molecule has 0 radical (unpaired) electrons. The number of hydrogen-bond acceptors (Lipinski definition) is 3. The average Bonchev–Trinajstić information content (AvgIpc) is 2.61. The number of ether oxygens (including phenoxy) is 1. The smallest absolute Gasteiger partial charge is 0.108 e. The molecule has 0 bridgehead atoms. The van der Waals surface area contributed by atoms with Crippen molar-refractivity contribution in [2.45, 2.75) is 44.3 Å². The Hall–Kier alpha value is -0.870. The predicted octanol–water partition coefficient (Wildman–Crippen LogP) is 1.28. The summed E-state index contributed by atoms with van der Waals surface area (Å²) in [6.07, 6.45) is 6.97. The summed E-state index contributed by atoms with van der Waals surface area (Å²) in [6.45, 7) is 2.68. The minimum absolute atomic E-state index is 0.167. The largest absolute Gasteiger partial charge is 0.390 e. The van der Waals surface area contributed by atoms with Crippen molar-refractivity contribution < 1.29 is 9.84 Å². The molecule has 1 N–H and O–H groups in total. The van der Waals surface area contributed by atoms with Crippen LogP contribution in [0.15, 0.2) is 12.4 Å². The predicted molar refractivity (Wildman–Crippen MR) is 61.1 cm³/mol. The van der Waals surface area contributed by atoms with E-state index in [0.717, 1.165) is 31.5 Å². The van der Waals surface area contributed by atoms with E-state index in [2.05, 4.69) is 4.98 Å². The van der Waals surface area contributed by atoms with Crippen molar-refractivity contribution in [1.29, 1.82) is 0 Å². The highest BCUT2D eigenvalue weighted by Gasteiger charge is 2.33.